The van der Waals surface area contributed by atoms with Gasteiger partial charge in [-0.1, -0.05) is 11.6 Å². The van der Waals surface area contributed by atoms with E-state index in [1.807, 2.05) is 17.0 Å². The smallest absolute Gasteiger partial charge is 0.236 e. The maximum absolute atomic E-state index is 11.9. The quantitative estimate of drug-likeness (QED) is 0.873. The molecule has 1 aromatic rings. The minimum Gasteiger partial charge on any atom is -0.493 e. The van der Waals surface area contributed by atoms with Crippen molar-refractivity contribution < 1.29 is 14.3 Å². The van der Waals surface area contributed by atoms with Crippen molar-refractivity contribution in [3.05, 3.63) is 22.7 Å². The molecule has 1 heterocycles. The van der Waals surface area contributed by atoms with Gasteiger partial charge >= 0.3 is 0 Å². The first kappa shape index (κ1) is 15.9. The zero-order valence-corrected chi connectivity index (χ0v) is 13.2. The molecule has 1 fully saturated rings. The highest BCUT2D eigenvalue weighted by Gasteiger charge is 2.17. The molecule has 1 aliphatic rings. The number of carbonyl (C=O) groups is 1. The van der Waals surface area contributed by atoms with Crippen molar-refractivity contribution in [1.82, 2.24) is 10.2 Å². The molecule has 0 bridgehead atoms. The van der Waals surface area contributed by atoms with Crippen molar-refractivity contribution in [3.8, 4) is 11.5 Å². The predicted octanol–water partition coefficient (Wildman–Crippen LogP) is 2.07. The van der Waals surface area contributed by atoms with Gasteiger partial charge in [-0.25, -0.2) is 0 Å². The van der Waals surface area contributed by atoms with E-state index in [1.54, 1.807) is 14.2 Å². The number of likely N-dealkylation sites (tertiary alicyclic amines) is 1. The molecule has 0 aliphatic carbocycles. The maximum atomic E-state index is 11.9. The van der Waals surface area contributed by atoms with Crippen LogP contribution in [0.3, 0.4) is 0 Å². The monoisotopic (exact) mass is 312 g/mol. The van der Waals surface area contributed by atoms with Crippen LogP contribution in [-0.4, -0.2) is 44.7 Å². The van der Waals surface area contributed by atoms with E-state index in [4.69, 9.17) is 21.1 Å². The molecule has 2 rings (SSSR count). The van der Waals surface area contributed by atoms with E-state index in [1.165, 1.54) is 0 Å². The van der Waals surface area contributed by atoms with Gasteiger partial charge in [0.05, 0.1) is 25.8 Å². The summed E-state index contributed by atoms with van der Waals surface area (Å²) in [7, 11) is 3.12. The molecule has 1 saturated heterocycles. The maximum Gasteiger partial charge on any atom is 0.236 e. The number of benzene rings is 1. The number of nitrogens with one attached hydrogen (secondary N) is 1. The van der Waals surface area contributed by atoms with Crippen LogP contribution >= 0.6 is 11.6 Å². The highest BCUT2D eigenvalue weighted by Crippen LogP contribution is 2.35. The molecule has 0 aromatic heterocycles. The van der Waals surface area contributed by atoms with Gasteiger partial charge in [-0.3, -0.25) is 4.79 Å². The Bertz CT molecular complexity index is 502. The van der Waals surface area contributed by atoms with Gasteiger partial charge in [-0.05, 0) is 30.5 Å². The van der Waals surface area contributed by atoms with Crippen LogP contribution in [0.4, 0.5) is 0 Å². The van der Waals surface area contributed by atoms with Gasteiger partial charge in [0.25, 0.3) is 0 Å². The molecule has 6 heteroatoms. The van der Waals surface area contributed by atoms with Gasteiger partial charge < -0.3 is 19.7 Å². The highest BCUT2D eigenvalue weighted by molar-refractivity contribution is 6.32. The summed E-state index contributed by atoms with van der Waals surface area (Å²) in [4.78, 5) is 13.8. The number of nitrogens with zero attached hydrogens (tertiary/aromatic N) is 1. The first-order valence-corrected chi connectivity index (χ1v) is 7.42. The van der Waals surface area contributed by atoms with Crippen molar-refractivity contribution in [1.29, 1.82) is 0 Å². The number of hydrogen-bond donors (Lipinski definition) is 1. The van der Waals surface area contributed by atoms with E-state index in [-0.39, 0.29) is 5.91 Å². The van der Waals surface area contributed by atoms with Crippen LogP contribution in [0.25, 0.3) is 0 Å². The number of amides is 1. The van der Waals surface area contributed by atoms with Crippen molar-refractivity contribution in [3.63, 3.8) is 0 Å². The first-order chi connectivity index (χ1) is 10.2. The summed E-state index contributed by atoms with van der Waals surface area (Å²) in [6.45, 7) is 2.65. The average molecular weight is 313 g/mol. The Balaban J connectivity index is 1.91. The zero-order valence-electron chi connectivity index (χ0n) is 12.4. The van der Waals surface area contributed by atoms with E-state index < -0.39 is 0 Å². The van der Waals surface area contributed by atoms with Gasteiger partial charge in [0.1, 0.15) is 0 Å². The van der Waals surface area contributed by atoms with Crippen LogP contribution in [-0.2, 0) is 11.3 Å². The third kappa shape index (κ3) is 4.02. The number of rotatable bonds is 6. The number of carbonyl (C=O) groups excluding carboxylic acids is 1. The fourth-order valence-electron chi connectivity index (χ4n) is 2.47. The second kappa shape index (κ2) is 7.52. The summed E-state index contributed by atoms with van der Waals surface area (Å²) < 4.78 is 10.4. The largest absolute Gasteiger partial charge is 0.493 e. The Labute approximate surface area is 130 Å². The van der Waals surface area contributed by atoms with Gasteiger partial charge in [0, 0.05) is 19.6 Å². The molecule has 1 N–H and O–H groups in total. The molecule has 1 amide bonds. The predicted molar refractivity (Wildman–Crippen MR) is 82.1 cm³/mol. The zero-order chi connectivity index (χ0) is 15.2. The average Bonchev–Trinajstić information content (AvgIpc) is 3.00. The summed E-state index contributed by atoms with van der Waals surface area (Å²) >= 11 is 6.15. The third-order valence-corrected chi connectivity index (χ3v) is 3.84. The van der Waals surface area contributed by atoms with Crippen molar-refractivity contribution in [2.24, 2.45) is 0 Å². The van der Waals surface area contributed by atoms with Crippen LogP contribution in [0.15, 0.2) is 12.1 Å². The van der Waals surface area contributed by atoms with E-state index >= 15 is 0 Å². The Morgan fingerprint density at radius 2 is 2.00 bits per heavy atom. The van der Waals surface area contributed by atoms with Crippen molar-refractivity contribution in [2.75, 3.05) is 33.9 Å². The van der Waals surface area contributed by atoms with Crippen LogP contribution in [0.2, 0.25) is 5.02 Å². The minimum absolute atomic E-state index is 0.152. The number of methoxy groups -OCH3 is 2. The lowest BCUT2D eigenvalue weighted by Gasteiger charge is -2.16. The lowest BCUT2D eigenvalue weighted by atomic mass is 10.2. The minimum atomic E-state index is 0.152. The lowest BCUT2D eigenvalue weighted by Crippen LogP contribution is -2.35. The molecule has 1 aliphatic heterocycles. The molecule has 5 nitrogen and oxygen atoms in total. The molecule has 0 atom stereocenters. The Hall–Kier alpha value is -1.46. The first-order valence-electron chi connectivity index (χ1n) is 7.04. The van der Waals surface area contributed by atoms with Crippen molar-refractivity contribution in [2.45, 2.75) is 19.4 Å². The number of hydrogen-bond acceptors (Lipinski definition) is 4. The number of ether oxygens (including phenoxy) is 2. The molecule has 0 spiro atoms. The molecular formula is C15H21ClN2O3. The Morgan fingerprint density at radius 3 is 2.62 bits per heavy atom. The van der Waals surface area contributed by atoms with E-state index in [0.717, 1.165) is 31.5 Å². The number of halogens is 1. The van der Waals surface area contributed by atoms with Crippen LogP contribution in [0.5, 0.6) is 11.5 Å². The summed E-state index contributed by atoms with van der Waals surface area (Å²) in [5.74, 6) is 1.27. The van der Waals surface area contributed by atoms with Gasteiger partial charge in [-0.15, -0.1) is 0 Å². The second-order valence-corrected chi connectivity index (χ2v) is 5.41. The van der Waals surface area contributed by atoms with E-state index in [2.05, 4.69) is 5.32 Å². The van der Waals surface area contributed by atoms with E-state index in [0.29, 0.717) is 29.6 Å². The fraction of sp³-hybridized carbons (Fsp3) is 0.533. The standard InChI is InChI=1S/C15H21ClN2O3/c1-20-13-8-11(7-12(16)15(13)21-2)9-17-10-14(19)18-5-3-4-6-18/h7-8,17H,3-6,9-10H2,1-2H3. The second-order valence-electron chi connectivity index (χ2n) is 5.00. The molecule has 116 valence electrons. The molecule has 21 heavy (non-hydrogen) atoms. The van der Waals surface area contributed by atoms with E-state index in [9.17, 15) is 4.79 Å². The Kier molecular flexibility index (Phi) is 5.70. The third-order valence-electron chi connectivity index (χ3n) is 3.56. The molecule has 0 saturated carbocycles. The molecular weight excluding hydrogens is 292 g/mol. The molecule has 1 aromatic carbocycles. The lowest BCUT2D eigenvalue weighted by molar-refractivity contribution is -0.129. The SMILES string of the molecule is COc1cc(CNCC(=O)N2CCCC2)cc(Cl)c1OC. The summed E-state index contributed by atoms with van der Waals surface area (Å²) in [6, 6.07) is 3.67. The fourth-order valence-corrected chi connectivity index (χ4v) is 2.78. The topological polar surface area (TPSA) is 50.8 Å². The normalized spacial score (nSPS) is 14.3. The van der Waals surface area contributed by atoms with Crippen LogP contribution in [0, 0.1) is 0 Å². The van der Waals surface area contributed by atoms with Gasteiger partial charge in [-0.2, -0.15) is 0 Å². The Morgan fingerprint density at radius 1 is 1.29 bits per heavy atom. The summed E-state index contributed by atoms with van der Waals surface area (Å²) in [5.41, 5.74) is 0.951. The summed E-state index contributed by atoms with van der Waals surface area (Å²) in [5, 5.41) is 3.65. The summed E-state index contributed by atoms with van der Waals surface area (Å²) in [6.07, 6.45) is 2.22. The van der Waals surface area contributed by atoms with Crippen LogP contribution < -0.4 is 14.8 Å². The van der Waals surface area contributed by atoms with Gasteiger partial charge in [0.2, 0.25) is 5.91 Å². The highest BCUT2D eigenvalue weighted by atomic mass is 35.5. The molecule has 0 unspecified atom stereocenters. The van der Waals surface area contributed by atoms with Gasteiger partial charge in [0.15, 0.2) is 11.5 Å². The molecule has 0 radical (unpaired) electrons. The van der Waals surface area contributed by atoms with Crippen LogP contribution in [0.1, 0.15) is 18.4 Å². The van der Waals surface area contributed by atoms with Crippen molar-refractivity contribution >= 4 is 17.5 Å².